The number of halogens is 4. The van der Waals surface area contributed by atoms with Gasteiger partial charge in [0.25, 0.3) is 5.56 Å². The highest BCUT2D eigenvalue weighted by molar-refractivity contribution is 6.42. The normalized spacial score (nSPS) is 12.0. The second kappa shape index (κ2) is 9.05. The molecule has 156 valence electrons. The van der Waals surface area contributed by atoms with E-state index in [4.69, 9.17) is 46.4 Å². The second-order valence-corrected chi connectivity index (χ2v) is 8.66. The summed E-state index contributed by atoms with van der Waals surface area (Å²) in [4.78, 5) is 13.7. The average molecular weight is 490 g/mol. The fourth-order valence-corrected chi connectivity index (χ4v) is 4.02. The van der Waals surface area contributed by atoms with Crippen molar-refractivity contribution in [1.29, 1.82) is 0 Å². The summed E-state index contributed by atoms with van der Waals surface area (Å²) >= 11 is 24.7. The molecule has 0 fully saturated rings. The molecule has 1 atom stereocenters. The molecule has 0 aliphatic heterocycles. The number of hydrogen-bond acceptors (Lipinski definition) is 2. The van der Waals surface area contributed by atoms with Crippen LogP contribution in [0.3, 0.4) is 0 Å². The highest BCUT2D eigenvalue weighted by atomic mass is 35.5. The van der Waals surface area contributed by atoms with E-state index in [9.17, 15) is 4.79 Å². The first kappa shape index (κ1) is 21.9. The highest BCUT2D eigenvalue weighted by Crippen LogP contribution is 2.35. The van der Waals surface area contributed by atoms with Crippen molar-refractivity contribution in [3.63, 3.8) is 0 Å². The van der Waals surface area contributed by atoms with Crippen LogP contribution in [-0.2, 0) is 0 Å². The van der Waals surface area contributed by atoms with Crippen molar-refractivity contribution in [3.8, 4) is 22.3 Å². The van der Waals surface area contributed by atoms with Crippen LogP contribution >= 0.6 is 46.4 Å². The third kappa shape index (κ3) is 4.37. The molecule has 0 N–H and O–H groups in total. The molecule has 3 nitrogen and oxygen atoms in total. The molecule has 0 saturated heterocycles. The van der Waals surface area contributed by atoms with Crippen molar-refractivity contribution >= 4 is 46.4 Å². The minimum atomic E-state index is -0.266. The Labute approximate surface area is 199 Å². The molecule has 0 aliphatic rings. The summed E-state index contributed by atoms with van der Waals surface area (Å²) in [6.45, 7) is 1.93. The van der Waals surface area contributed by atoms with Gasteiger partial charge < -0.3 is 0 Å². The van der Waals surface area contributed by atoms with Crippen LogP contribution in [0.1, 0.15) is 18.5 Å². The molecule has 1 heterocycles. The first-order valence-electron chi connectivity index (χ1n) is 9.44. The van der Waals surface area contributed by atoms with Crippen molar-refractivity contribution in [2.45, 2.75) is 13.0 Å². The number of benzene rings is 3. The van der Waals surface area contributed by atoms with Crippen LogP contribution in [0.25, 0.3) is 22.3 Å². The summed E-state index contributed by atoms with van der Waals surface area (Å²) < 4.78 is 1.47. The smallest absolute Gasteiger partial charge is 0.267 e. The van der Waals surface area contributed by atoms with E-state index >= 15 is 0 Å². The lowest BCUT2D eigenvalue weighted by molar-refractivity contribution is 0.533. The van der Waals surface area contributed by atoms with Gasteiger partial charge in [0.05, 0.1) is 37.9 Å². The molecule has 4 aromatic rings. The standard InChI is InChI=1S/C24H16Cl4N2O/c1-14(15-5-3-2-4-6-15)30-24(31)23(17-8-10-20(26)22(28)12-17)18(13-29-30)16-7-9-19(25)21(27)11-16/h2-14H,1H3. The summed E-state index contributed by atoms with van der Waals surface area (Å²) in [7, 11) is 0. The van der Waals surface area contributed by atoms with E-state index in [-0.39, 0.29) is 11.6 Å². The second-order valence-electron chi connectivity index (χ2n) is 7.03. The largest absolute Gasteiger partial charge is 0.275 e. The lowest BCUT2D eigenvalue weighted by Gasteiger charge is -2.18. The third-order valence-electron chi connectivity index (χ3n) is 5.09. The van der Waals surface area contributed by atoms with Gasteiger partial charge in [0.2, 0.25) is 0 Å². The lowest BCUT2D eigenvalue weighted by Crippen LogP contribution is -2.28. The molecule has 0 amide bonds. The van der Waals surface area contributed by atoms with Crippen molar-refractivity contribution in [3.05, 3.63) is 109 Å². The van der Waals surface area contributed by atoms with Crippen molar-refractivity contribution in [2.75, 3.05) is 0 Å². The van der Waals surface area contributed by atoms with E-state index in [1.54, 1.807) is 42.6 Å². The molecular weight excluding hydrogens is 474 g/mol. The zero-order chi connectivity index (χ0) is 22.1. The molecule has 1 unspecified atom stereocenters. The van der Waals surface area contributed by atoms with Crippen LogP contribution in [0.4, 0.5) is 0 Å². The Hall–Kier alpha value is -2.30. The van der Waals surface area contributed by atoms with E-state index < -0.39 is 0 Å². The van der Waals surface area contributed by atoms with Gasteiger partial charge in [-0.3, -0.25) is 4.79 Å². The van der Waals surface area contributed by atoms with Crippen molar-refractivity contribution < 1.29 is 0 Å². The summed E-state index contributed by atoms with van der Waals surface area (Å²) in [5.74, 6) is 0. The Bertz CT molecular complexity index is 1320. The van der Waals surface area contributed by atoms with Crippen LogP contribution in [0.15, 0.2) is 77.7 Å². The summed E-state index contributed by atoms with van der Waals surface area (Å²) in [5.41, 5.74) is 3.16. The van der Waals surface area contributed by atoms with Gasteiger partial charge in [-0.2, -0.15) is 5.10 Å². The Balaban J connectivity index is 1.97. The molecule has 0 spiro atoms. The molecule has 31 heavy (non-hydrogen) atoms. The first-order chi connectivity index (χ1) is 14.9. The third-order valence-corrected chi connectivity index (χ3v) is 6.57. The molecule has 3 aromatic carbocycles. The van der Waals surface area contributed by atoms with Gasteiger partial charge in [0.15, 0.2) is 0 Å². The molecule has 0 bridgehead atoms. The van der Waals surface area contributed by atoms with Gasteiger partial charge in [-0.1, -0.05) is 88.9 Å². The predicted molar refractivity (Wildman–Crippen MR) is 130 cm³/mol. The Morgan fingerprint density at radius 2 is 1.35 bits per heavy atom. The monoisotopic (exact) mass is 488 g/mol. The van der Waals surface area contributed by atoms with Crippen LogP contribution < -0.4 is 5.56 Å². The zero-order valence-electron chi connectivity index (χ0n) is 16.3. The topological polar surface area (TPSA) is 34.9 Å². The molecule has 0 radical (unpaired) electrons. The fourth-order valence-electron chi connectivity index (χ4n) is 3.43. The number of hydrogen-bond donors (Lipinski definition) is 0. The van der Waals surface area contributed by atoms with Crippen molar-refractivity contribution in [2.24, 2.45) is 0 Å². The van der Waals surface area contributed by atoms with Gasteiger partial charge in [-0.05, 0) is 47.9 Å². The zero-order valence-corrected chi connectivity index (χ0v) is 19.3. The van der Waals surface area contributed by atoms with Gasteiger partial charge in [0, 0.05) is 5.56 Å². The van der Waals surface area contributed by atoms with Crippen LogP contribution in [0.5, 0.6) is 0 Å². The van der Waals surface area contributed by atoms with E-state index in [1.165, 1.54) is 4.68 Å². The summed E-state index contributed by atoms with van der Waals surface area (Å²) in [5, 5.41) is 6.07. The molecule has 7 heteroatoms. The molecule has 1 aromatic heterocycles. The lowest BCUT2D eigenvalue weighted by atomic mass is 9.97. The maximum atomic E-state index is 13.7. The summed E-state index contributed by atoms with van der Waals surface area (Å²) in [6, 6.07) is 19.8. The highest BCUT2D eigenvalue weighted by Gasteiger charge is 2.20. The van der Waals surface area contributed by atoms with Gasteiger partial charge >= 0.3 is 0 Å². The van der Waals surface area contributed by atoms with Crippen LogP contribution in [0, 0.1) is 0 Å². The van der Waals surface area contributed by atoms with Gasteiger partial charge in [0.1, 0.15) is 0 Å². The molecule has 0 aliphatic carbocycles. The van der Waals surface area contributed by atoms with Gasteiger partial charge in [-0.15, -0.1) is 0 Å². The average Bonchev–Trinajstić information content (AvgIpc) is 2.77. The molecule has 0 saturated carbocycles. The SMILES string of the molecule is CC(c1ccccc1)n1ncc(-c2ccc(Cl)c(Cl)c2)c(-c2ccc(Cl)c(Cl)c2)c1=O. The maximum Gasteiger partial charge on any atom is 0.275 e. The molecular formula is C24H16Cl4N2O. The first-order valence-corrected chi connectivity index (χ1v) is 11.0. The fraction of sp³-hybridized carbons (Fsp3) is 0.0833. The minimum Gasteiger partial charge on any atom is -0.267 e. The minimum absolute atomic E-state index is 0.252. The molecule has 4 rings (SSSR count). The van der Waals surface area contributed by atoms with Gasteiger partial charge in [-0.25, -0.2) is 4.68 Å². The Morgan fingerprint density at radius 1 is 0.774 bits per heavy atom. The van der Waals surface area contributed by atoms with Crippen LogP contribution in [0.2, 0.25) is 20.1 Å². The number of nitrogens with zero attached hydrogens (tertiary/aromatic N) is 2. The summed E-state index contributed by atoms with van der Waals surface area (Å²) in [6.07, 6.45) is 1.66. The number of aromatic nitrogens is 2. The van der Waals surface area contributed by atoms with E-state index in [0.717, 1.165) is 11.1 Å². The predicted octanol–water partition coefficient (Wildman–Crippen LogP) is 7.80. The van der Waals surface area contributed by atoms with E-state index in [2.05, 4.69) is 5.10 Å². The number of rotatable bonds is 4. The van der Waals surface area contributed by atoms with E-state index in [0.29, 0.717) is 36.8 Å². The van der Waals surface area contributed by atoms with Crippen molar-refractivity contribution in [1.82, 2.24) is 9.78 Å². The quantitative estimate of drug-likeness (QED) is 0.293. The van der Waals surface area contributed by atoms with E-state index in [1.807, 2.05) is 37.3 Å². The Kier molecular flexibility index (Phi) is 6.40. The Morgan fingerprint density at radius 3 is 1.97 bits per heavy atom. The van der Waals surface area contributed by atoms with Crippen LogP contribution in [-0.4, -0.2) is 9.78 Å². The maximum absolute atomic E-state index is 13.7.